The van der Waals surface area contributed by atoms with Crippen LogP contribution in [0, 0.1) is 13.8 Å². The Labute approximate surface area is 173 Å². The van der Waals surface area contributed by atoms with Crippen LogP contribution in [0.2, 0.25) is 0 Å². The average molecular weight is 406 g/mol. The normalized spacial score (nSPS) is 18.3. The molecule has 0 radical (unpaired) electrons. The number of nitrogens with one attached hydrogen (secondary N) is 1. The Kier molecular flexibility index (Phi) is 5.18. The first-order valence-electron chi connectivity index (χ1n) is 9.66. The highest BCUT2D eigenvalue weighted by molar-refractivity contribution is 6.46. The number of imidazole rings is 1. The molecule has 9 nitrogen and oxygen atoms in total. The maximum Gasteiger partial charge on any atom is 0.295 e. The van der Waals surface area contributed by atoms with E-state index in [1.54, 1.807) is 50.8 Å². The van der Waals surface area contributed by atoms with Gasteiger partial charge in [0.1, 0.15) is 11.8 Å². The summed E-state index contributed by atoms with van der Waals surface area (Å²) >= 11 is 0. The van der Waals surface area contributed by atoms with Gasteiger partial charge in [0, 0.05) is 37.4 Å². The number of rotatable bonds is 6. The van der Waals surface area contributed by atoms with Gasteiger partial charge in [-0.1, -0.05) is 6.07 Å². The van der Waals surface area contributed by atoms with Crippen LogP contribution in [0.15, 0.2) is 48.7 Å². The first kappa shape index (κ1) is 19.6. The van der Waals surface area contributed by atoms with Crippen LogP contribution in [-0.2, 0) is 16.1 Å². The van der Waals surface area contributed by atoms with Crippen molar-refractivity contribution >= 4 is 17.4 Å². The van der Waals surface area contributed by atoms with Crippen LogP contribution in [0.3, 0.4) is 0 Å². The molecule has 3 aromatic heterocycles. The predicted molar refractivity (Wildman–Crippen MR) is 108 cm³/mol. The van der Waals surface area contributed by atoms with Crippen LogP contribution in [0.1, 0.15) is 35.1 Å². The monoisotopic (exact) mass is 406 g/mol. The Morgan fingerprint density at radius 2 is 2.03 bits per heavy atom. The third kappa shape index (κ3) is 3.38. The van der Waals surface area contributed by atoms with Gasteiger partial charge < -0.3 is 14.6 Å². The smallest absolute Gasteiger partial charge is 0.295 e. The lowest BCUT2D eigenvalue weighted by molar-refractivity contribution is -0.140. The van der Waals surface area contributed by atoms with E-state index in [0.29, 0.717) is 42.2 Å². The predicted octanol–water partition coefficient (Wildman–Crippen LogP) is 2.13. The third-order valence-electron chi connectivity index (χ3n) is 5.25. The minimum atomic E-state index is -0.761. The zero-order chi connectivity index (χ0) is 21.3. The van der Waals surface area contributed by atoms with Crippen LogP contribution in [-0.4, -0.2) is 53.0 Å². The van der Waals surface area contributed by atoms with Crippen molar-refractivity contribution in [2.24, 2.45) is 0 Å². The number of nitrogens with zero attached hydrogens (tertiary/aromatic N) is 5. The largest absolute Gasteiger partial charge is 0.507 e. The number of carbonyl (C=O) groups is 2. The zero-order valence-corrected chi connectivity index (χ0v) is 16.7. The third-order valence-corrected chi connectivity index (χ3v) is 5.25. The summed E-state index contributed by atoms with van der Waals surface area (Å²) in [5, 5.41) is 18.0. The topological polar surface area (TPSA) is 117 Å². The van der Waals surface area contributed by atoms with Crippen molar-refractivity contribution in [1.29, 1.82) is 0 Å². The average Bonchev–Trinajstić information content (AvgIpc) is 3.44. The standard InChI is InChI=1S/C21H22N6O3/c1-13-16(14(2)25-24-13)19(28)17-18(15-6-3-4-7-23-15)27(21(30)20(17)29)10-5-9-26-11-8-22-12-26/h3-4,6-8,11-12,18,28H,5,9-10H2,1-2H3,(H,24,25)/b19-17+/t18-/m0/s1. The molecular formula is C21H22N6O3. The molecule has 1 saturated heterocycles. The van der Waals surface area contributed by atoms with Gasteiger partial charge in [0.15, 0.2) is 0 Å². The Balaban J connectivity index is 1.74. The van der Waals surface area contributed by atoms with Gasteiger partial charge in [0.2, 0.25) is 0 Å². The number of Topliss-reactive ketones (excluding diaryl/α,β-unsaturated/α-hetero) is 1. The van der Waals surface area contributed by atoms with Crippen molar-refractivity contribution < 1.29 is 14.7 Å². The van der Waals surface area contributed by atoms with Crippen molar-refractivity contribution in [3.8, 4) is 0 Å². The second kappa shape index (κ2) is 7.94. The number of aliphatic hydroxyl groups excluding tert-OH is 1. The highest BCUT2D eigenvalue weighted by atomic mass is 16.3. The highest BCUT2D eigenvalue weighted by Gasteiger charge is 2.46. The molecule has 1 amide bonds. The van der Waals surface area contributed by atoms with Gasteiger partial charge in [-0.15, -0.1) is 0 Å². The Bertz CT molecular complexity index is 1080. The molecule has 1 fully saturated rings. The molecule has 4 rings (SSSR count). The number of hydrogen-bond donors (Lipinski definition) is 2. The second-order valence-electron chi connectivity index (χ2n) is 7.21. The van der Waals surface area contributed by atoms with Crippen molar-refractivity contribution in [2.45, 2.75) is 32.9 Å². The van der Waals surface area contributed by atoms with E-state index in [4.69, 9.17) is 0 Å². The van der Waals surface area contributed by atoms with Crippen molar-refractivity contribution in [1.82, 2.24) is 29.6 Å². The number of H-pyrrole nitrogens is 1. The van der Waals surface area contributed by atoms with E-state index in [1.165, 1.54) is 4.90 Å². The summed E-state index contributed by atoms with van der Waals surface area (Å²) < 4.78 is 1.91. The number of likely N-dealkylation sites (tertiary alicyclic amines) is 1. The fourth-order valence-corrected chi connectivity index (χ4v) is 3.83. The first-order chi connectivity index (χ1) is 14.5. The van der Waals surface area contributed by atoms with Crippen molar-refractivity contribution in [2.75, 3.05) is 6.54 Å². The lowest BCUT2D eigenvalue weighted by atomic mass is 9.97. The maximum absolute atomic E-state index is 13.0. The quantitative estimate of drug-likeness (QED) is 0.368. The number of aryl methyl sites for hydroxylation is 3. The highest BCUT2D eigenvalue weighted by Crippen LogP contribution is 2.39. The number of hydrogen-bond acceptors (Lipinski definition) is 6. The molecule has 0 saturated carbocycles. The number of aliphatic hydroxyl groups is 1. The number of aromatic nitrogens is 5. The van der Waals surface area contributed by atoms with Gasteiger partial charge in [0.05, 0.1) is 28.9 Å². The van der Waals surface area contributed by atoms with Gasteiger partial charge in [-0.3, -0.25) is 19.7 Å². The molecular weight excluding hydrogens is 384 g/mol. The fourth-order valence-electron chi connectivity index (χ4n) is 3.83. The van der Waals surface area contributed by atoms with Gasteiger partial charge in [-0.25, -0.2) is 4.98 Å². The molecule has 30 heavy (non-hydrogen) atoms. The van der Waals surface area contributed by atoms with E-state index in [0.717, 1.165) is 0 Å². The molecule has 1 aliphatic heterocycles. The molecule has 1 aliphatic rings. The van der Waals surface area contributed by atoms with Crippen LogP contribution < -0.4 is 0 Å². The summed E-state index contributed by atoms with van der Waals surface area (Å²) in [5.74, 6) is -1.59. The second-order valence-corrected chi connectivity index (χ2v) is 7.21. The minimum absolute atomic E-state index is 0.0360. The number of pyridine rings is 1. The molecule has 0 aliphatic carbocycles. The molecule has 0 aromatic carbocycles. The van der Waals surface area contributed by atoms with E-state index >= 15 is 0 Å². The lowest BCUT2D eigenvalue weighted by Crippen LogP contribution is -2.31. The minimum Gasteiger partial charge on any atom is -0.507 e. The first-order valence-corrected chi connectivity index (χ1v) is 9.66. The van der Waals surface area contributed by atoms with Gasteiger partial charge >= 0.3 is 0 Å². The Hall–Kier alpha value is -3.75. The fraction of sp³-hybridized carbons (Fsp3) is 0.286. The SMILES string of the molecule is Cc1n[nH]c(C)c1/C(O)=C1\C(=O)C(=O)N(CCCn2ccnc2)[C@H]1c1ccccn1. The Morgan fingerprint density at radius 3 is 2.67 bits per heavy atom. The van der Waals surface area contributed by atoms with E-state index in [2.05, 4.69) is 20.2 Å². The van der Waals surface area contributed by atoms with Crippen molar-refractivity contribution in [3.63, 3.8) is 0 Å². The van der Waals surface area contributed by atoms with Crippen LogP contribution in [0.25, 0.3) is 5.76 Å². The summed E-state index contributed by atoms with van der Waals surface area (Å²) in [6, 6.07) is 4.55. The van der Waals surface area contributed by atoms with Crippen LogP contribution in [0.4, 0.5) is 0 Å². The molecule has 3 aromatic rings. The molecule has 4 heterocycles. The van der Waals surface area contributed by atoms with Gasteiger partial charge in [0.25, 0.3) is 11.7 Å². The van der Waals surface area contributed by atoms with E-state index in [-0.39, 0.29) is 11.3 Å². The molecule has 2 N–H and O–H groups in total. The lowest BCUT2D eigenvalue weighted by Gasteiger charge is -2.24. The van der Waals surface area contributed by atoms with Crippen LogP contribution in [0.5, 0.6) is 0 Å². The molecule has 9 heteroatoms. The Morgan fingerprint density at radius 1 is 1.20 bits per heavy atom. The summed E-state index contributed by atoms with van der Waals surface area (Å²) in [7, 11) is 0. The number of carbonyl (C=O) groups excluding carboxylic acids is 2. The van der Waals surface area contributed by atoms with Gasteiger partial charge in [-0.2, -0.15) is 5.10 Å². The summed E-state index contributed by atoms with van der Waals surface area (Å²) in [4.78, 5) is 35.7. The van der Waals surface area contributed by atoms with Crippen LogP contribution >= 0.6 is 0 Å². The van der Waals surface area contributed by atoms with E-state index < -0.39 is 17.7 Å². The molecule has 154 valence electrons. The molecule has 0 unspecified atom stereocenters. The maximum atomic E-state index is 13.0. The summed E-state index contributed by atoms with van der Waals surface area (Å²) in [6.45, 7) is 4.48. The summed E-state index contributed by atoms with van der Waals surface area (Å²) in [5.41, 5.74) is 2.17. The van der Waals surface area contributed by atoms with E-state index in [9.17, 15) is 14.7 Å². The van der Waals surface area contributed by atoms with E-state index in [1.807, 2.05) is 10.8 Å². The zero-order valence-electron chi connectivity index (χ0n) is 16.7. The molecule has 0 spiro atoms. The number of ketones is 1. The van der Waals surface area contributed by atoms with Gasteiger partial charge in [-0.05, 0) is 32.4 Å². The molecule has 0 bridgehead atoms. The summed E-state index contributed by atoms with van der Waals surface area (Å²) in [6.07, 6.45) is 7.46. The number of aromatic amines is 1. The van der Waals surface area contributed by atoms with Crippen molar-refractivity contribution in [3.05, 3.63) is 71.3 Å². The molecule has 1 atom stereocenters. The number of amides is 1.